The Morgan fingerprint density at radius 1 is 1.00 bits per heavy atom. The molecule has 0 unspecified atom stereocenters. The van der Waals surface area contributed by atoms with Gasteiger partial charge in [0.2, 0.25) is 12.5 Å². The molecule has 4 rings (SSSR count). The van der Waals surface area contributed by atoms with Crippen molar-refractivity contribution >= 4 is 5.97 Å². The standard InChI is InChI=1S/C21H22O7/c1-24-19-9-13(7-16(22)20(19)25-2)6-15-14(10-26-21(15)23)5-12-3-4-17-18(8-12)28-11-27-17/h3-4,7-9,14-15,22H,5-6,10-11H2,1-2H3/t14-,15+/m1/s1. The first-order chi connectivity index (χ1) is 13.6. The van der Waals surface area contributed by atoms with Crippen LogP contribution < -0.4 is 18.9 Å². The average Bonchev–Trinajstić information content (AvgIpc) is 3.29. The first-order valence-electron chi connectivity index (χ1n) is 9.08. The minimum Gasteiger partial charge on any atom is -0.504 e. The maximum atomic E-state index is 12.3. The summed E-state index contributed by atoms with van der Waals surface area (Å²) in [6.07, 6.45) is 1.13. The maximum absolute atomic E-state index is 12.3. The number of aromatic hydroxyl groups is 1. The van der Waals surface area contributed by atoms with Gasteiger partial charge in [-0.25, -0.2) is 0 Å². The topological polar surface area (TPSA) is 83.5 Å². The molecule has 2 heterocycles. The van der Waals surface area contributed by atoms with Crippen molar-refractivity contribution in [2.24, 2.45) is 11.8 Å². The van der Waals surface area contributed by atoms with Crippen molar-refractivity contribution in [3.63, 3.8) is 0 Å². The summed E-state index contributed by atoms with van der Waals surface area (Å²) in [5, 5.41) is 10.2. The number of hydrogen-bond donors (Lipinski definition) is 1. The lowest BCUT2D eigenvalue weighted by atomic mass is 9.85. The van der Waals surface area contributed by atoms with Gasteiger partial charge in [-0.05, 0) is 48.2 Å². The summed E-state index contributed by atoms with van der Waals surface area (Å²) >= 11 is 0. The minimum absolute atomic E-state index is 0.0180. The molecule has 0 saturated carbocycles. The molecular formula is C21H22O7. The predicted molar refractivity (Wildman–Crippen MR) is 99.1 cm³/mol. The summed E-state index contributed by atoms with van der Waals surface area (Å²) in [5.41, 5.74) is 1.85. The second-order valence-corrected chi connectivity index (χ2v) is 6.94. The number of rotatable bonds is 6. The summed E-state index contributed by atoms with van der Waals surface area (Å²) in [5.74, 6) is 1.65. The lowest BCUT2D eigenvalue weighted by Crippen LogP contribution is -2.20. The molecule has 0 aliphatic carbocycles. The van der Waals surface area contributed by atoms with Crippen LogP contribution in [0.2, 0.25) is 0 Å². The molecule has 1 saturated heterocycles. The number of carbonyl (C=O) groups excluding carboxylic acids is 1. The Morgan fingerprint density at radius 3 is 2.61 bits per heavy atom. The molecule has 148 valence electrons. The van der Waals surface area contributed by atoms with E-state index < -0.39 is 0 Å². The van der Waals surface area contributed by atoms with E-state index in [-0.39, 0.29) is 36.1 Å². The zero-order valence-electron chi connectivity index (χ0n) is 15.8. The van der Waals surface area contributed by atoms with Crippen LogP contribution in [0, 0.1) is 11.8 Å². The van der Waals surface area contributed by atoms with Crippen molar-refractivity contribution < 1.29 is 33.6 Å². The Kier molecular flexibility index (Phi) is 4.90. The largest absolute Gasteiger partial charge is 0.504 e. The third-order valence-electron chi connectivity index (χ3n) is 5.22. The average molecular weight is 386 g/mol. The van der Waals surface area contributed by atoms with Gasteiger partial charge in [-0.3, -0.25) is 4.79 Å². The Hall–Kier alpha value is -3.09. The SMILES string of the molecule is COc1cc(C[C@@H]2C(=O)OC[C@H]2Cc2ccc3c(c2)OCO3)cc(O)c1OC. The number of ether oxygens (including phenoxy) is 5. The van der Waals surface area contributed by atoms with Crippen LogP contribution >= 0.6 is 0 Å². The zero-order chi connectivity index (χ0) is 19.7. The van der Waals surface area contributed by atoms with E-state index in [1.807, 2.05) is 18.2 Å². The second kappa shape index (κ2) is 7.50. The number of cyclic esters (lactones) is 1. The fraction of sp³-hybridized carbons (Fsp3) is 0.381. The third kappa shape index (κ3) is 3.40. The highest BCUT2D eigenvalue weighted by atomic mass is 16.7. The van der Waals surface area contributed by atoms with E-state index in [1.54, 1.807) is 12.1 Å². The highest BCUT2D eigenvalue weighted by Gasteiger charge is 2.37. The highest BCUT2D eigenvalue weighted by Crippen LogP contribution is 2.40. The van der Waals surface area contributed by atoms with Crippen LogP contribution in [0.4, 0.5) is 0 Å². The van der Waals surface area contributed by atoms with Crippen molar-refractivity contribution in [1.29, 1.82) is 0 Å². The van der Waals surface area contributed by atoms with E-state index in [0.717, 1.165) is 22.6 Å². The molecule has 0 bridgehead atoms. The number of phenols is 1. The fourth-order valence-electron chi connectivity index (χ4n) is 3.80. The van der Waals surface area contributed by atoms with Crippen molar-refractivity contribution in [1.82, 2.24) is 0 Å². The normalized spacial score (nSPS) is 20.1. The minimum atomic E-state index is -0.303. The van der Waals surface area contributed by atoms with Crippen molar-refractivity contribution in [3.8, 4) is 28.7 Å². The Morgan fingerprint density at radius 2 is 1.82 bits per heavy atom. The molecule has 0 amide bonds. The predicted octanol–water partition coefficient (Wildman–Crippen LogP) is 2.71. The van der Waals surface area contributed by atoms with Crippen LogP contribution in [0.3, 0.4) is 0 Å². The van der Waals surface area contributed by atoms with Crippen molar-refractivity contribution in [3.05, 3.63) is 41.5 Å². The number of methoxy groups -OCH3 is 2. The second-order valence-electron chi connectivity index (χ2n) is 6.94. The van der Waals surface area contributed by atoms with E-state index in [0.29, 0.717) is 25.2 Å². The van der Waals surface area contributed by atoms with E-state index in [4.69, 9.17) is 23.7 Å². The number of hydrogen-bond acceptors (Lipinski definition) is 7. The van der Waals surface area contributed by atoms with Crippen LogP contribution in [-0.4, -0.2) is 38.7 Å². The van der Waals surface area contributed by atoms with Crippen LogP contribution in [0.15, 0.2) is 30.3 Å². The van der Waals surface area contributed by atoms with Gasteiger partial charge in [-0.1, -0.05) is 6.07 Å². The lowest BCUT2D eigenvalue weighted by Gasteiger charge is -2.17. The zero-order valence-corrected chi connectivity index (χ0v) is 15.8. The van der Waals surface area contributed by atoms with Crippen molar-refractivity contribution in [2.45, 2.75) is 12.8 Å². The fourth-order valence-corrected chi connectivity index (χ4v) is 3.80. The van der Waals surface area contributed by atoms with Gasteiger partial charge in [0.25, 0.3) is 0 Å². The number of fused-ring (bicyclic) bond motifs is 1. The summed E-state index contributed by atoms with van der Waals surface area (Å²) in [7, 11) is 2.97. The van der Waals surface area contributed by atoms with E-state index in [2.05, 4.69) is 0 Å². The molecular weight excluding hydrogens is 364 g/mol. The first-order valence-corrected chi connectivity index (χ1v) is 9.08. The molecule has 1 N–H and O–H groups in total. The smallest absolute Gasteiger partial charge is 0.309 e. The Labute approximate surface area is 162 Å². The number of benzene rings is 2. The van der Waals surface area contributed by atoms with Gasteiger partial charge in [0.05, 0.1) is 26.7 Å². The Balaban J connectivity index is 1.53. The van der Waals surface area contributed by atoms with Crippen LogP contribution in [0.25, 0.3) is 0 Å². The monoisotopic (exact) mass is 386 g/mol. The summed E-state index contributed by atoms with van der Waals surface area (Å²) < 4.78 is 26.6. The number of carbonyl (C=O) groups is 1. The highest BCUT2D eigenvalue weighted by molar-refractivity contribution is 5.75. The molecule has 0 spiro atoms. The first kappa shape index (κ1) is 18.3. The molecule has 28 heavy (non-hydrogen) atoms. The van der Waals surface area contributed by atoms with Crippen LogP contribution in [-0.2, 0) is 22.4 Å². The quantitative estimate of drug-likeness (QED) is 0.764. The van der Waals surface area contributed by atoms with Crippen molar-refractivity contribution in [2.75, 3.05) is 27.6 Å². The summed E-state index contributed by atoms with van der Waals surface area (Å²) in [4.78, 5) is 12.3. The molecule has 7 nitrogen and oxygen atoms in total. The molecule has 0 aromatic heterocycles. The van der Waals surface area contributed by atoms with Gasteiger partial charge in [0.1, 0.15) is 0 Å². The maximum Gasteiger partial charge on any atom is 0.309 e. The molecule has 2 aliphatic heterocycles. The molecule has 2 atom stereocenters. The van der Waals surface area contributed by atoms with Gasteiger partial charge in [0.15, 0.2) is 23.0 Å². The van der Waals surface area contributed by atoms with Gasteiger partial charge in [-0.2, -0.15) is 0 Å². The summed E-state index contributed by atoms with van der Waals surface area (Å²) in [6.45, 7) is 0.604. The molecule has 2 aromatic carbocycles. The Bertz CT molecular complexity index is 893. The number of esters is 1. The van der Waals surface area contributed by atoms with Gasteiger partial charge >= 0.3 is 5.97 Å². The van der Waals surface area contributed by atoms with Gasteiger partial charge in [-0.15, -0.1) is 0 Å². The number of phenolic OH excluding ortho intramolecular Hbond substituents is 1. The van der Waals surface area contributed by atoms with Gasteiger partial charge < -0.3 is 28.8 Å². The molecule has 0 radical (unpaired) electrons. The van der Waals surface area contributed by atoms with Crippen LogP contribution in [0.1, 0.15) is 11.1 Å². The van der Waals surface area contributed by atoms with E-state index in [1.165, 1.54) is 14.2 Å². The molecule has 2 aromatic rings. The van der Waals surface area contributed by atoms with Crippen LogP contribution in [0.5, 0.6) is 28.7 Å². The lowest BCUT2D eigenvalue weighted by molar-refractivity contribution is -0.141. The summed E-state index contributed by atoms with van der Waals surface area (Å²) in [6, 6.07) is 9.20. The van der Waals surface area contributed by atoms with E-state index >= 15 is 0 Å². The van der Waals surface area contributed by atoms with Gasteiger partial charge in [0, 0.05) is 5.92 Å². The molecule has 2 aliphatic rings. The van der Waals surface area contributed by atoms with E-state index in [9.17, 15) is 9.90 Å². The molecule has 7 heteroatoms. The third-order valence-corrected chi connectivity index (χ3v) is 5.22. The molecule has 1 fully saturated rings.